The molecule has 4 nitrogen and oxygen atoms in total. The minimum atomic E-state index is -1.02. The Morgan fingerprint density at radius 1 is 1.40 bits per heavy atom. The van der Waals surface area contributed by atoms with Gasteiger partial charge in [-0.3, -0.25) is 9.36 Å². The van der Waals surface area contributed by atoms with Crippen molar-refractivity contribution >= 4 is 17.7 Å². The molecule has 0 amide bonds. The maximum Gasteiger partial charge on any atom is 0.313 e. The van der Waals surface area contributed by atoms with Crippen molar-refractivity contribution in [1.82, 2.24) is 9.55 Å². The van der Waals surface area contributed by atoms with Crippen molar-refractivity contribution in [2.24, 2.45) is 0 Å². The number of carboxylic acids is 1. The van der Waals surface area contributed by atoms with Gasteiger partial charge in [-0.1, -0.05) is 17.8 Å². The summed E-state index contributed by atoms with van der Waals surface area (Å²) >= 11 is 0.913. The third kappa shape index (κ3) is 2.82. The summed E-state index contributed by atoms with van der Waals surface area (Å²) in [7, 11) is 0. The predicted molar refractivity (Wildman–Crippen MR) is 71.3 cm³/mol. The topological polar surface area (TPSA) is 55.1 Å². The van der Waals surface area contributed by atoms with Crippen LogP contribution in [0, 0.1) is 25.5 Å². The molecular weight excluding hydrogens is 286 g/mol. The summed E-state index contributed by atoms with van der Waals surface area (Å²) < 4.78 is 29.3. The smallest absolute Gasteiger partial charge is 0.313 e. The largest absolute Gasteiger partial charge is 0.481 e. The van der Waals surface area contributed by atoms with Gasteiger partial charge >= 0.3 is 5.97 Å². The van der Waals surface area contributed by atoms with Crippen molar-refractivity contribution in [3.8, 4) is 5.69 Å². The Morgan fingerprint density at radius 2 is 2.10 bits per heavy atom. The molecule has 106 valence electrons. The molecule has 2 aromatic rings. The van der Waals surface area contributed by atoms with Crippen LogP contribution in [0.5, 0.6) is 0 Å². The molecule has 1 aromatic carbocycles. The average Bonchev–Trinajstić information content (AvgIpc) is 2.73. The normalized spacial score (nSPS) is 10.8. The Bertz CT molecular complexity index is 671. The monoisotopic (exact) mass is 298 g/mol. The fraction of sp³-hybridized carbons (Fsp3) is 0.231. The number of rotatable bonds is 4. The number of aromatic nitrogens is 2. The standard InChI is InChI=1S/C13H12F2N2O2S/c1-7-3-4-9(14)12(11(7)15)17-5-8(2)16-13(17)20-6-10(18)19/h3-5H,6H2,1-2H3,(H,18,19). The molecule has 0 saturated heterocycles. The van der Waals surface area contributed by atoms with Gasteiger partial charge in [0.05, 0.1) is 11.4 Å². The van der Waals surface area contributed by atoms with Crippen LogP contribution in [0.2, 0.25) is 0 Å². The number of carbonyl (C=O) groups is 1. The first-order valence-electron chi connectivity index (χ1n) is 5.75. The van der Waals surface area contributed by atoms with E-state index in [0.717, 1.165) is 11.8 Å². The van der Waals surface area contributed by atoms with Gasteiger partial charge in [-0.25, -0.2) is 13.8 Å². The van der Waals surface area contributed by atoms with Crippen molar-refractivity contribution in [1.29, 1.82) is 0 Å². The van der Waals surface area contributed by atoms with Gasteiger partial charge in [0.15, 0.2) is 11.0 Å². The number of carboxylic acid groups (broad SMARTS) is 1. The van der Waals surface area contributed by atoms with Crippen LogP contribution >= 0.6 is 11.8 Å². The lowest BCUT2D eigenvalue weighted by molar-refractivity contribution is -0.133. The summed E-state index contributed by atoms with van der Waals surface area (Å²) in [5.41, 5.74) is 0.624. The number of thioether (sulfide) groups is 1. The minimum Gasteiger partial charge on any atom is -0.481 e. The second-order valence-electron chi connectivity index (χ2n) is 4.24. The number of aliphatic carboxylic acids is 1. The fourth-order valence-electron chi connectivity index (χ4n) is 1.73. The number of hydrogen-bond donors (Lipinski definition) is 1. The maximum absolute atomic E-state index is 14.1. The Kier molecular flexibility index (Phi) is 4.08. The third-order valence-corrected chi connectivity index (χ3v) is 3.56. The van der Waals surface area contributed by atoms with Gasteiger partial charge in [0, 0.05) is 6.20 Å². The van der Waals surface area contributed by atoms with Crippen LogP contribution in [0.3, 0.4) is 0 Å². The summed E-state index contributed by atoms with van der Waals surface area (Å²) in [6.07, 6.45) is 1.48. The van der Waals surface area contributed by atoms with Gasteiger partial charge < -0.3 is 5.11 Å². The van der Waals surface area contributed by atoms with E-state index in [1.54, 1.807) is 6.92 Å². The quantitative estimate of drug-likeness (QED) is 0.882. The molecule has 0 atom stereocenters. The molecule has 20 heavy (non-hydrogen) atoms. The molecule has 1 aromatic heterocycles. The summed E-state index contributed by atoms with van der Waals surface area (Å²) in [5, 5.41) is 8.93. The second kappa shape index (κ2) is 5.62. The van der Waals surface area contributed by atoms with E-state index in [0.29, 0.717) is 11.3 Å². The molecule has 1 heterocycles. The molecule has 0 aliphatic heterocycles. The first kappa shape index (κ1) is 14.5. The SMILES string of the molecule is Cc1cn(-c2c(F)ccc(C)c2F)c(SCC(=O)O)n1. The molecule has 0 spiro atoms. The van der Waals surface area contributed by atoms with Crippen molar-refractivity contribution in [2.75, 3.05) is 5.75 Å². The number of imidazole rings is 1. The van der Waals surface area contributed by atoms with Crippen LogP contribution in [0.15, 0.2) is 23.5 Å². The van der Waals surface area contributed by atoms with Gasteiger partial charge in [-0.15, -0.1) is 0 Å². The van der Waals surface area contributed by atoms with Crippen molar-refractivity contribution in [2.45, 2.75) is 19.0 Å². The highest BCUT2D eigenvalue weighted by atomic mass is 32.2. The summed E-state index contributed by atoms with van der Waals surface area (Å²) in [4.78, 5) is 14.7. The van der Waals surface area contributed by atoms with Gasteiger partial charge in [-0.05, 0) is 25.5 Å². The van der Waals surface area contributed by atoms with Crippen LogP contribution in [0.4, 0.5) is 8.78 Å². The van der Waals surface area contributed by atoms with E-state index in [-0.39, 0.29) is 16.6 Å². The van der Waals surface area contributed by atoms with E-state index in [4.69, 9.17) is 5.11 Å². The first-order valence-corrected chi connectivity index (χ1v) is 6.74. The van der Waals surface area contributed by atoms with E-state index in [2.05, 4.69) is 4.98 Å². The van der Waals surface area contributed by atoms with E-state index in [9.17, 15) is 13.6 Å². The van der Waals surface area contributed by atoms with Crippen LogP contribution in [-0.4, -0.2) is 26.4 Å². The molecule has 7 heteroatoms. The summed E-state index contributed by atoms with van der Waals surface area (Å²) in [6, 6.07) is 2.52. The Labute approximate surface area is 118 Å². The molecule has 0 radical (unpaired) electrons. The Hall–Kier alpha value is -1.89. The molecule has 0 unspecified atom stereocenters. The zero-order valence-electron chi connectivity index (χ0n) is 10.9. The van der Waals surface area contributed by atoms with Gasteiger partial charge in [0.1, 0.15) is 11.5 Å². The van der Waals surface area contributed by atoms with Crippen LogP contribution in [0.1, 0.15) is 11.3 Å². The number of nitrogens with zero attached hydrogens (tertiary/aromatic N) is 2. The average molecular weight is 298 g/mol. The molecule has 2 rings (SSSR count). The Morgan fingerprint density at radius 3 is 2.75 bits per heavy atom. The number of aryl methyl sites for hydroxylation is 2. The molecular formula is C13H12F2N2O2S. The van der Waals surface area contributed by atoms with Crippen LogP contribution in [-0.2, 0) is 4.79 Å². The number of hydrogen-bond acceptors (Lipinski definition) is 3. The molecule has 0 aliphatic carbocycles. The highest BCUT2D eigenvalue weighted by Crippen LogP contribution is 2.27. The lowest BCUT2D eigenvalue weighted by Crippen LogP contribution is -2.05. The zero-order chi connectivity index (χ0) is 14.9. The van der Waals surface area contributed by atoms with Crippen LogP contribution < -0.4 is 0 Å². The number of halogens is 2. The van der Waals surface area contributed by atoms with Crippen LogP contribution in [0.25, 0.3) is 5.69 Å². The van der Waals surface area contributed by atoms with E-state index in [1.165, 1.54) is 29.8 Å². The highest BCUT2D eigenvalue weighted by Gasteiger charge is 2.18. The van der Waals surface area contributed by atoms with Gasteiger partial charge in [0.25, 0.3) is 0 Å². The summed E-state index contributed by atoms with van der Waals surface area (Å²) in [6.45, 7) is 3.21. The second-order valence-corrected chi connectivity index (χ2v) is 5.19. The molecule has 1 N–H and O–H groups in total. The van der Waals surface area contributed by atoms with E-state index in [1.807, 2.05) is 0 Å². The predicted octanol–water partition coefficient (Wildman–Crippen LogP) is 2.94. The maximum atomic E-state index is 14.1. The van der Waals surface area contributed by atoms with Gasteiger partial charge in [-0.2, -0.15) is 0 Å². The van der Waals surface area contributed by atoms with Gasteiger partial charge in [0.2, 0.25) is 0 Å². The molecule has 0 bridgehead atoms. The molecule has 0 saturated carbocycles. The lowest BCUT2D eigenvalue weighted by Gasteiger charge is -2.10. The van der Waals surface area contributed by atoms with E-state index < -0.39 is 17.6 Å². The number of benzene rings is 1. The fourth-order valence-corrected chi connectivity index (χ4v) is 2.47. The lowest BCUT2D eigenvalue weighted by atomic mass is 10.2. The zero-order valence-corrected chi connectivity index (χ0v) is 11.7. The summed E-state index contributed by atoms with van der Waals surface area (Å²) in [5.74, 6) is -2.65. The third-order valence-electron chi connectivity index (χ3n) is 2.62. The Balaban J connectivity index is 2.53. The van der Waals surface area contributed by atoms with Crippen molar-refractivity contribution in [3.05, 3.63) is 41.2 Å². The molecule has 0 aliphatic rings. The molecule has 0 fully saturated rings. The minimum absolute atomic E-state index is 0.231. The highest BCUT2D eigenvalue weighted by molar-refractivity contribution is 7.99. The van der Waals surface area contributed by atoms with Crippen molar-refractivity contribution in [3.63, 3.8) is 0 Å². The van der Waals surface area contributed by atoms with Crippen molar-refractivity contribution < 1.29 is 18.7 Å². The van der Waals surface area contributed by atoms with E-state index >= 15 is 0 Å². The first-order chi connectivity index (χ1) is 9.40.